The molecule has 140 valence electrons. The average Bonchev–Trinajstić information content (AvgIpc) is 3.09. The average molecular weight is 387 g/mol. The molecular weight excluding hydrogens is 369 g/mol. The quantitative estimate of drug-likeness (QED) is 0.693. The molecule has 0 bridgehead atoms. The molecule has 6 nitrogen and oxygen atoms in total. The lowest BCUT2D eigenvalue weighted by molar-refractivity contribution is -0.138. The van der Waals surface area contributed by atoms with Crippen LogP contribution in [0.1, 0.15) is 6.92 Å². The van der Waals surface area contributed by atoms with Crippen molar-refractivity contribution in [1.29, 1.82) is 0 Å². The van der Waals surface area contributed by atoms with E-state index in [1.54, 1.807) is 17.0 Å². The molecule has 8 heteroatoms. The predicted molar refractivity (Wildman–Crippen MR) is 101 cm³/mol. The summed E-state index contributed by atoms with van der Waals surface area (Å²) in [4.78, 5) is 32.2. The molecule has 0 aliphatic carbocycles. The first kappa shape index (κ1) is 17.8. The van der Waals surface area contributed by atoms with Crippen LogP contribution < -0.4 is 5.56 Å². The highest BCUT2D eigenvalue weighted by molar-refractivity contribution is 7.17. The monoisotopic (exact) mass is 387 g/mol. The molecule has 4 rings (SSSR count). The molecule has 1 saturated heterocycles. The van der Waals surface area contributed by atoms with Gasteiger partial charge < -0.3 is 9.64 Å². The lowest BCUT2D eigenvalue weighted by atomic mass is 10.1. The van der Waals surface area contributed by atoms with E-state index in [2.05, 4.69) is 4.98 Å². The Morgan fingerprint density at radius 2 is 2.15 bits per heavy atom. The van der Waals surface area contributed by atoms with Crippen LogP contribution >= 0.6 is 11.3 Å². The molecule has 1 fully saturated rings. The number of fused-ring (bicyclic) bond motifs is 1. The third kappa shape index (κ3) is 3.50. The van der Waals surface area contributed by atoms with Gasteiger partial charge in [0.15, 0.2) is 0 Å². The van der Waals surface area contributed by atoms with Crippen LogP contribution in [0.5, 0.6) is 0 Å². The molecule has 1 aliphatic rings. The van der Waals surface area contributed by atoms with E-state index >= 15 is 0 Å². The smallest absolute Gasteiger partial charge is 0.263 e. The second-order valence-electron chi connectivity index (χ2n) is 6.54. The molecule has 0 N–H and O–H groups in total. The fraction of sp³-hybridized carbons (Fsp3) is 0.316. The molecule has 0 radical (unpaired) electrons. The zero-order valence-electron chi connectivity index (χ0n) is 14.7. The van der Waals surface area contributed by atoms with Gasteiger partial charge in [-0.2, -0.15) is 0 Å². The summed E-state index contributed by atoms with van der Waals surface area (Å²) in [6.45, 7) is 3.39. The molecule has 27 heavy (non-hydrogen) atoms. The number of hydrogen-bond donors (Lipinski definition) is 0. The highest BCUT2D eigenvalue weighted by atomic mass is 32.1. The predicted octanol–water partition coefficient (Wildman–Crippen LogP) is 2.51. The summed E-state index contributed by atoms with van der Waals surface area (Å²) in [5.74, 6) is -0.467. The van der Waals surface area contributed by atoms with E-state index in [0.717, 1.165) is 5.56 Å². The summed E-state index contributed by atoms with van der Waals surface area (Å²) in [5.41, 5.74) is 1.18. The minimum atomic E-state index is -0.334. The summed E-state index contributed by atoms with van der Waals surface area (Å²) >= 11 is 1.35. The molecule has 1 atom stereocenters. The van der Waals surface area contributed by atoms with E-state index in [1.165, 1.54) is 34.4 Å². The largest absolute Gasteiger partial charge is 0.375 e. The van der Waals surface area contributed by atoms with Crippen molar-refractivity contribution >= 4 is 27.5 Å². The number of morpholine rings is 1. The van der Waals surface area contributed by atoms with Crippen LogP contribution in [0.2, 0.25) is 0 Å². The number of benzene rings is 1. The lowest BCUT2D eigenvalue weighted by Gasteiger charge is -2.31. The van der Waals surface area contributed by atoms with E-state index in [-0.39, 0.29) is 29.9 Å². The number of hydrogen-bond acceptors (Lipinski definition) is 5. The zero-order chi connectivity index (χ0) is 19.0. The standard InChI is InChI=1S/C19H18FN3O3S/c1-12-8-22(6-7-26-12)16(24)9-23-11-21-18-17(19(23)25)15(10-27-18)13-2-4-14(20)5-3-13/h2-5,10-12H,6-9H2,1H3. The van der Waals surface area contributed by atoms with Gasteiger partial charge in [0, 0.05) is 24.0 Å². The third-order valence-corrected chi connectivity index (χ3v) is 5.50. The molecule has 1 aromatic carbocycles. The Bertz CT molecular complexity index is 1040. The third-order valence-electron chi connectivity index (χ3n) is 4.62. The minimum absolute atomic E-state index is 0.0121. The van der Waals surface area contributed by atoms with Crippen molar-refractivity contribution in [3.05, 3.63) is 52.1 Å². The van der Waals surface area contributed by atoms with Gasteiger partial charge in [0.25, 0.3) is 5.56 Å². The van der Waals surface area contributed by atoms with Crippen LogP contribution in [-0.4, -0.2) is 46.2 Å². The SMILES string of the molecule is CC1CN(C(=O)Cn2cnc3scc(-c4ccc(F)cc4)c3c2=O)CCO1. The number of aromatic nitrogens is 2. The Kier molecular flexibility index (Phi) is 4.75. The highest BCUT2D eigenvalue weighted by Crippen LogP contribution is 2.30. The number of amides is 1. The molecule has 3 heterocycles. The second-order valence-corrected chi connectivity index (χ2v) is 7.39. The molecule has 0 spiro atoms. The van der Waals surface area contributed by atoms with E-state index in [4.69, 9.17) is 4.74 Å². The van der Waals surface area contributed by atoms with Crippen LogP contribution in [0.25, 0.3) is 21.3 Å². The van der Waals surface area contributed by atoms with Gasteiger partial charge in [-0.1, -0.05) is 12.1 Å². The number of carbonyl (C=O) groups is 1. The number of rotatable bonds is 3. The van der Waals surface area contributed by atoms with Crippen LogP contribution in [0.3, 0.4) is 0 Å². The van der Waals surface area contributed by atoms with Gasteiger partial charge in [-0.15, -0.1) is 11.3 Å². The van der Waals surface area contributed by atoms with Crippen LogP contribution in [0.15, 0.2) is 40.8 Å². The van der Waals surface area contributed by atoms with E-state index in [0.29, 0.717) is 35.5 Å². The first-order valence-corrected chi connectivity index (χ1v) is 9.53. The van der Waals surface area contributed by atoms with Gasteiger partial charge in [0.1, 0.15) is 17.2 Å². The van der Waals surface area contributed by atoms with Gasteiger partial charge in [0.05, 0.1) is 24.4 Å². The van der Waals surface area contributed by atoms with Crippen LogP contribution in [0.4, 0.5) is 4.39 Å². The normalized spacial score (nSPS) is 17.4. The molecule has 1 unspecified atom stereocenters. The summed E-state index contributed by atoms with van der Waals surface area (Å²) in [7, 11) is 0. The topological polar surface area (TPSA) is 64.4 Å². The summed E-state index contributed by atoms with van der Waals surface area (Å²) in [5, 5.41) is 2.29. The molecule has 1 amide bonds. The Labute approximate surface area is 158 Å². The Hall–Kier alpha value is -2.58. The summed E-state index contributed by atoms with van der Waals surface area (Å²) < 4.78 is 20.0. The van der Waals surface area contributed by atoms with Crippen LogP contribution in [0, 0.1) is 5.82 Å². The Morgan fingerprint density at radius 3 is 2.89 bits per heavy atom. The fourth-order valence-electron chi connectivity index (χ4n) is 3.21. The van der Waals surface area contributed by atoms with Crippen molar-refractivity contribution < 1.29 is 13.9 Å². The van der Waals surface area contributed by atoms with E-state index in [1.807, 2.05) is 12.3 Å². The molecule has 1 aliphatic heterocycles. The van der Waals surface area contributed by atoms with Crippen molar-refractivity contribution in [3.8, 4) is 11.1 Å². The maximum Gasteiger partial charge on any atom is 0.263 e. The van der Waals surface area contributed by atoms with Gasteiger partial charge in [-0.3, -0.25) is 14.2 Å². The van der Waals surface area contributed by atoms with Crippen LogP contribution in [-0.2, 0) is 16.1 Å². The Balaban J connectivity index is 1.67. The van der Waals surface area contributed by atoms with Crippen molar-refractivity contribution in [3.63, 3.8) is 0 Å². The lowest BCUT2D eigenvalue weighted by Crippen LogP contribution is -2.46. The highest BCUT2D eigenvalue weighted by Gasteiger charge is 2.22. The molecule has 0 saturated carbocycles. The Morgan fingerprint density at radius 1 is 1.37 bits per heavy atom. The van der Waals surface area contributed by atoms with E-state index in [9.17, 15) is 14.0 Å². The second kappa shape index (κ2) is 7.21. The maximum absolute atomic E-state index is 13.2. The fourth-order valence-corrected chi connectivity index (χ4v) is 4.12. The van der Waals surface area contributed by atoms with Gasteiger partial charge >= 0.3 is 0 Å². The maximum atomic E-state index is 13.2. The molecular formula is C19H18FN3O3S. The van der Waals surface area contributed by atoms with Crippen molar-refractivity contribution in [1.82, 2.24) is 14.5 Å². The van der Waals surface area contributed by atoms with Gasteiger partial charge in [-0.05, 0) is 24.6 Å². The minimum Gasteiger partial charge on any atom is -0.375 e. The van der Waals surface area contributed by atoms with Crippen molar-refractivity contribution in [2.75, 3.05) is 19.7 Å². The number of ether oxygens (including phenoxy) is 1. The zero-order valence-corrected chi connectivity index (χ0v) is 15.5. The summed E-state index contributed by atoms with van der Waals surface area (Å²) in [6, 6.07) is 5.98. The first-order chi connectivity index (χ1) is 13.0. The number of carbonyl (C=O) groups excluding carboxylic acids is 1. The van der Waals surface area contributed by atoms with E-state index < -0.39 is 0 Å². The number of halogens is 1. The summed E-state index contributed by atoms with van der Waals surface area (Å²) in [6.07, 6.45) is 1.40. The number of nitrogens with zero attached hydrogens (tertiary/aromatic N) is 3. The van der Waals surface area contributed by atoms with Crippen molar-refractivity contribution in [2.45, 2.75) is 19.6 Å². The molecule has 2 aromatic heterocycles. The van der Waals surface area contributed by atoms with Gasteiger partial charge in [0.2, 0.25) is 5.91 Å². The first-order valence-electron chi connectivity index (χ1n) is 8.65. The molecule has 3 aromatic rings. The van der Waals surface area contributed by atoms with Crippen molar-refractivity contribution in [2.24, 2.45) is 0 Å². The number of thiophene rings is 1. The van der Waals surface area contributed by atoms with Gasteiger partial charge in [-0.25, -0.2) is 9.37 Å².